The van der Waals surface area contributed by atoms with E-state index in [-0.39, 0.29) is 12.4 Å². The van der Waals surface area contributed by atoms with Gasteiger partial charge in [0.2, 0.25) is 0 Å². The minimum atomic E-state index is -0.558. The second-order valence-electron chi connectivity index (χ2n) is 7.26. The molecule has 1 saturated heterocycles. The molecule has 3 rings (SSSR count). The van der Waals surface area contributed by atoms with Gasteiger partial charge in [-0.15, -0.1) is 0 Å². The molecule has 1 unspecified atom stereocenters. The lowest BCUT2D eigenvalue weighted by molar-refractivity contribution is 0.000430. The summed E-state index contributed by atoms with van der Waals surface area (Å²) in [6, 6.07) is 12.5. The molecule has 0 amide bonds. The van der Waals surface area contributed by atoms with Crippen LogP contribution in [0.15, 0.2) is 42.5 Å². The molecule has 1 heterocycles. The molecule has 2 aromatic carbocycles. The van der Waals surface area contributed by atoms with E-state index in [2.05, 4.69) is 9.80 Å². The van der Waals surface area contributed by atoms with Gasteiger partial charge in [-0.1, -0.05) is 35.9 Å². The molecule has 2 aromatic rings. The van der Waals surface area contributed by atoms with Crippen molar-refractivity contribution < 1.29 is 19.0 Å². The monoisotopic (exact) mass is 422 g/mol. The summed E-state index contributed by atoms with van der Waals surface area (Å²) in [6.07, 6.45) is -0.558. The summed E-state index contributed by atoms with van der Waals surface area (Å²) in [5.74, 6) is 0.524. The maximum Gasteiger partial charge on any atom is 0.129 e. The Morgan fingerprint density at radius 3 is 2.52 bits per heavy atom. The lowest BCUT2D eigenvalue weighted by Gasteiger charge is -2.35. The van der Waals surface area contributed by atoms with Crippen molar-refractivity contribution >= 4 is 11.6 Å². The van der Waals surface area contributed by atoms with Gasteiger partial charge in [0.1, 0.15) is 11.6 Å². The minimum Gasteiger partial charge on any atom is -0.496 e. The first-order valence-electron chi connectivity index (χ1n) is 9.82. The summed E-state index contributed by atoms with van der Waals surface area (Å²) >= 11 is 6.13. The molecule has 1 fully saturated rings. The van der Waals surface area contributed by atoms with Gasteiger partial charge < -0.3 is 14.6 Å². The van der Waals surface area contributed by atoms with Crippen LogP contribution in [0.2, 0.25) is 5.02 Å². The van der Waals surface area contributed by atoms with Gasteiger partial charge in [-0.3, -0.25) is 9.80 Å². The highest BCUT2D eigenvalue weighted by Crippen LogP contribution is 2.21. The van der Waals surface area contributed by atoms with Gasteiger partial charge in [0.15, 0.2) is 0 Å². The van der Waals surface area contributed by atoms with Gasteiger partial charge in [0.25, 0.3) is 0 Å². The van der Waals surface area contributed by atoms with Crippen molar-refractivity contribution in [2.75, 3.05) is 46.4 Å². The normalized spacial score (nSPS) is 16.7. The van der Waals surface area contributed by atoms with Crippen LogP contribution in [0.25, 0.3) is 0 Å². The fourth-order valence-corrected chi connectivity index (χ4v) is 3.74. The van der Waals surface area contributed by atoms with E-state index in [1.807, 2.05) is 24.3 Å². The number of nitrogens with zero attached hydrogens (tertiary/aromatic N) is 2. The number of ether oxygens (including phenoxy) is 2. The number of β-amino-alcohol motifs (C(OH)–C–C–N with tert-alkyl or cyclic N) is 1. The van der Waals surface area contributed by atoms with Gasteiger partial charge in [-0.2, -0.15) is 0 Å². The van der Waals surface area contributed by atoms with Crippen molar-refractivity contribution in [3.63, 3.8) is 0 Å². The minimum absolute atomic E-state index is 0.262. The first-order chi connectivity index (χ1) is 14.1. The van der Waals surface area contributed by atoms with Crippen LogP contribution in [-0.2, 0) is 17.9 Å². The summed E-state index contributed by atoms with van der Waals surface area (Å²) < 4.78 is 24.9. The number of hydrogen-bond acceptors (Lipinski definition) is 5. The van der Waals surface area contributed by atoms with Crippen molar-refractivity contribution in [1.29, 1.82) is 0 Å². The van der Waals surface area contributed by atoms with Crippen LogP contribution in [0.4, 0.5) is 4.39 Å². The first kappa shape index (κ1) is 22.0. The maximum absolute atomic E-state index is 14.0. The van der Waals surface area contributed by atoms with E-state index in [1.165, 1.54) is 6.07 Å². The number of aliphatic hydroxyl groups is 1. The molecule has 1 N–H and O–H groups in total. The van der Waals surface area contributed by atoms with Crippen LogP contribution in [0.1, 0.15) is 11.1 Å². The predicted molar refractivity (Wildman–Crippen MR) is 112 cm³/mol. The molecule has 7 heteroatoms. The molecule has 0 bridgehead atoms. The standard InChI is InChI=1S/C22H28ClFN2O3/c1-28-22-8-3-2-5-17(22)15-29-16-18(27)13-25-9-11-26(12-10-25)14-19-20(23)6-4-7-21(19)24/h2-8,18,27H,9-16H2,1H3. The number of methoxy groups -OCH3 is 1. The Morgan fingerprint density at radius 1 is 1.07 bits per heavy atom. The van der Waals surface area contributed by atoms with Crippen LogP contribution in [0.3, 0.4) is 0 Å². The Kier molecular flexibility index (Phi) is 8.27. The molecular weight excluding hydrogens is 395 g/mol. The number of piperazine rings is 1. The van der Waals surface area contributed by atoms with E-state index in [0.717, 1.165) is 37.5 Å². The van der Waals surface area contributed by atoms with Gasteiger partial charge in [0, 0.05) is 55.4 Å². The largest absolute Gasteiger partial charge is 0.496 e. The highest BCUT2D eigenvalue weighted by Gasteiger charge is 2.21. The number of aliphatic hydroxyl groups excluding tert-OH is 1. The lowest BCUT2D eigenvalue weighted by Crippen LogP contribution is -2.48. The summed E-state index contributed by atoms with van der Waals surface area (Å²) in [5.41, 5.74) is 1.51. The van der Waals surface area contributed by atoms with Gasteiger partial charge in [-0.05, 0) is 18.2 Å². The van der Waals surface area contributed by atoms with Crippen molar-refractivity contribution in [3.05, 3.63) is 64.4 Å². The van der Waals surface area contributed by atoms with E-state index in [4.69, 9.17) is 21.1 Å². The van der Waals surface area contributed by atoms with Gasteiger partial charge in [-0.25, -0.2) is 4.39 Å². The smallest absolute Gasteiger partial charge is 0.129 e. The SMILES string of the molecule is COc1ccccc1COCC(O)CN1CCN(Cc2c(F)cccc2Cl)CC1. The first-order valence-corrected chi connectivity index (χ1v) is 10.2. The van der Waals surface area contributed by atoms with Crippen molar-refractivity contribution in [2.24, 2.45) is 0 Å². The Labute approximate surface area is 176 Å². The number of halogens is 2. The lowest BCUT2D eigenvalue weighted by atomic mass is 10.1. The quantitative estimate of drug-likeness (QED) is 0.672. The van der Waals surface area contributed by atoms with Crippen molar-refractivity contribution in [3.8, 4) is 5.75 Å². The topological polar surface area (TPSA) is 45.2 Å². The van der Waals surface area contributed by atoms with E-state index in [9.17, 15) is 9.50 Å². The molecule has 158 valence electrons. The van der Waals surface area contributed by atoms with E-state index < -0.39 is 6.10 Å². The zero-order chi connectivity index (χ0) is 20.6. The van der Waals surface area contributed by atoms with Crippen molar-refractivity contribution in [2.45, 2.75) is 19.3 Å². The molecule has 0 saturated carbocycles. The zero-order valence-corrected chi connectivity index (χ0v) is 17.4. The number of benzene rings is 2. The summed E-state index contributed by atoms with van der Waals surface area (Å²) in [4.78, 5) is 4.39. The van der Waals surface area contributed by atoms with Crippen LogP contribution in [0, 0.1) is 5.82 Å². The Balaban J connectivity index is 1.38. The summed E-state index contributed by atoms with van der Waals surface area (Å²) in [6.45, 7) is 4.97. The molecule has 0 aromatic heterocycles. The highest BCUT2D eigenvalue weighted by molar-refractivity contribution is 6.31. The van der Waals surface area contributed by atoms with Crippen LogP contribution in [0.5, 0.6) is 5.75 Å². The summed E-state index contributed by atoms with van der Waals surface area (Å²) in [7, 11) is 1.63. The average Bonchev–Trinajstić information content (AvgIpc) is 2.72. The molecular formula is C22H28ClFN2O3. The second-order valence-corrected chi connectivity index (χ2v) is 7.66. The summed E-state index contributed by atoms with van der Waals surface area (Å²) in [5, 5.41) is 10.8. The third-order valence-electron chi connectivity index (χ3n) is 5.14. The fraction of sp³-hybridized carbons (Fsp3) is 0.455. The van der Waals surface area contributed by atoms with E-state index in [1.54, 1.807) is 19.2 Å². The van der Waals surface area contributed by atoms with Crippen LogP contribution in [-0.4, -0.2) is 67.5 Å². The molecule has 1 aliphatic rings. The average molecular weight is 423 g/mol. The zero-order valence-electron chi connectivity index (χ0n) is 16.7. The molecule has 0 spiro atoms. The molecule has 0 radical (unpaired) electrons. The second kappa shape index (κ2) is 10.9. The molecule has 29 heavy (non-hydrogen) atoms. The third-order valence-corrected chi connectivity index (χ3v) is 5.49. The number of para-hydroxylation sites is 1. The Hall–Kier alpha value is -1.70. The highest BCUT2D eigenvalue weighted by atomic mass is 35.5. The van der Waals surface area contributed by atoms with Crippen LogP contribution >= 0.6 is 11.6 Å². The molecule has 5 nitrogen and oxygen atoms in total. The number of rotatable bonds is 9. The predicted octanol–water partition coefficient (Wildman–Crippen LogP) is 3.18. The van der Waals surface area contributed by atoms with Crippen molar-refractivity contribution in [1.82, 2.24) is 9.80 Å². The van der Waals surface area contributed by atoms with E-state index in [0.29, 0.717) is 30.3 Å². The molecule has 1 aliphatic heterocycles. The molecule has 0 aliphatic carbocycles. The van der Waals surface area contributed by atoms with Gasteiger partial charge >= 0.3 is 0 Å². The molecule has 1 atom stereocenters. The Morgan fingerprint density at radius 2 is 1.79 bits per heavy atom. The third kappa shape index (κ3) is 6.39. The van der Waals surface area contributed by atoms with E-state index >= 15 is 0 Å². The fourth-order valence-electron chi connectivity index (χ4n) is 3.51. The Bertz CT molecular complexity index is 764. The van der Waals surface area contributed by atoms with Gasteiger partial charge in [0.05, 0.1) is 26.4 Å². The number of hydrogen-bond donors (Lipinski definition) is 1. The van der Waals surface area contributed by atoms with Crippen LogP contribution < -0.4 is 4.74 Å². The maximum atomic E-state index is 14.0.